The summed E-state index contributed by atoms with van der Waals surface area (Å²) in [6.07, 6.45) is -4.72. The molecule has 10 heteroatoms. The number of hydrogen-bond donors (Lipinski definition) is 0. The highest BCUT2D eigenvalue weighted by atomic mass is 79.9. The third-order valence-electron chi connectivity index (χ3n) is 2.77. The van der Waals surface area contributed by atoms with Gasteiger partial charge in [-0.05, 0) is 25.1 Å². The van der Waals surface area contributed by atoms with Crippen LogP contribution in [0.25, 0.3) is 5.78 Å². The SMILES string of the molecule is Cc1cc(Oc2ccc(Br)cc2F)n2nc(C(F)(F)F)nc2n1. The second-order valence-electron chi connectivity index (χ2n) is 4.56. The first kappa shape index (κ1) is 15.7. The molecule has 0 unspecified atom stereocenters. The number of alkyl halides is 3. The lowest BCUT2D eigenvalue weighted by Gasteiger charge is -2.08. The number of halogens is 5. The maximum absolute atomic E-state index is 13.8. The molecule has 0 N–H and O–H groups in total. The lowest BCUT2D eigenvalue weighted by atomic mass is 10.3. The molecule has 0 atom stereocenters. The van der Waals surface area contributed by atoms with E-state index in [1.807, 2.05) is 0 Å². The quantitative estimate of drug-likeness (QED) is 0.617. The highest BCUT2D eigenvalue weighted by molar-refractivity contribution is 9.10. The predicted octanol–water partition coefficient (Wildman–Crippen LogP) is 4.15. The van der Waals surface area contributed by atoms with Crippen LogP contribution < -0.4 is 4.74 Å². The molecule has 0 aliphatic carbocycles. The lowest BCUT2D eigenvalue weighted by molar-refractivity contribution is -0.144. The normalized spacial score (nSPS) is 11.9. The summed E-state index contributed by atoms with van der Waals surface area (Å²) < 4.78 is 58.6. The van der Waals surface area contributed by atoms with Gasteiger partial charge in [0.25, 0.3) is 11.6 Å². The van der Waals surface area contributed by atoms with E-state index in [9.17, 15) is 17.6 Å². The molecule has 23 heavy (non-hydrogen) atoms. The van der Waals surface area contributed by atoms with Gasteiger partial charge >= 0.3 is 6.18 Å². The van der Waals surface area contributed by atoms with Crippen LogP contribution in [0.15, 0.2) is 28.7 Å². The molecule has 0 fully saturated rings. The van der Waals surface area contributed by atoms with E-state index < -0.39 is 17.8 Å². The van der Waals surface area contributed by atoms with Crippen molar-refractivity contribution in [1.82, 2.24) is 19.6 Å². The molecule has 0 saturated heterocycles. The minimum Gasteiger partial charge on any atom is -0.436 e. The van der Waals surface area contributed by atoms with Gasteiger partial charge < -0.3 is 4.74 Å². The highest BCUT2D eigenvalue weighted by Gasteiger charge is 2.37. The zero-order valence-corrected chi connectivity index (χ0v) is 13.0. The molecule has 0 bridgehead atoms. The Bertz CT molecular complexity index is 894. The number of aryl methyl sites for hydroxylation is 1. The molecule has 120 valence electrons. The van der Waals surface area contributed by atoms with Gasteiger partial charge in [0.15, 0.2) is 11.6 Å². The molecule has 0 aliphatic heterocycles. The minimum absolute atomic E-state index is 0.128. The molecule has 0 saturated carbocycles. The van der Waals surface area contributed by atoms with Gasteiger partial charge in [-0.3, -0.25) is 0 Å². The maximum atomic E-state index is 13.8. The van der Waals surface area contributed by atoms with Gasteiger partial charge in [-0.1, -0.05) is 15.9 Å². The standard InChI is InChI=1S/C13H7BrF4N4O/c1-6-4-10(23-9-3-2-7(14)5-8(9)15)22-12(19-6)20-11(21-22)13(16,17)18/h2-5H,1H3. The summed E-state index contributed by atoms with van der Waals surface area (Å²) in [4.78, 5) is 7.17. The monoisotopic (exact) mass is 390 g/mol. The third-order valence-corrected chi connectivity index (χ3v) is 3.26. The second-order valence-corrected chi connectivity index (χ2v) is 5.47. The fourth-order valence-corrected chi connectivity index (χ4v) is 2.15. The van der Waals surface area contributed by atoms with Crippen molar-refractivity contribution in [3.05, 3.63) is 46.1 Å². The van der Waals surface area contributed by atoms with Crippen molar-refractivity contribution in [1.29, 1.82) is 0 Å². The number of benzene rings is 1. The summed E-state index contributed by atoms with van der Waals surface area (Å²) in [7, 11) is 0. The molecule has 1 aromatic carbocycles. The molecule has 5 nitrogen and oxygen atoms in total. The van der Waals surface area contributed by atoms with E-state index in [0.717, 1.165) is 4.52 Å². The number of hydrogen-bond acceptors (Lipinski definition) is 4. The van der Waals surface area contributed by atoms with Crippen LogP contribution in [-0.4, -0.2) is 19.6 Å². The molecule has 0 spiro atoms. The Labute approximate surface area is 135 Å². The van der Waals surface area contributed by atoms with Crippen molar-refractivity contribution in [2.45, 2.75) is 13.1 Å². The summed E-state index contributed by atoms with van der Waals surface area (Å²) in [6.45, 7) is 1.55. The number of ether oxygens (including phenoxy) is 1. The molecule has 3 aromatic rings. The van der Waals surface area contributed by atoms with E-state index >= 15 is 0 Å². The number of rotatable bonds is 2. The summed E-state index contributed by atoms with van der Waals surface area (Å²) in [5.74, 6) is -2.61. The van der Waals surface area contributed by atoms with E-state index in [4.69, 9.17) is 4.74 Å². The Hall–Kier alpha value is -2.23. The van der Waals surface area contributed by atoms with Gasteiger partial charge in [0, 0.05) is 16.2 Å². The van der Waals surface area contributed by atoms with Gasteiger partial charge in [0.2, 0.25) is 5.88 Å². The Morgan fingerprint density at radius 3 is 2.57 bits per heavy atom. The molecule has 2 heterocycles. The third kappa shape index (κ3) is 3.11. The molecule has 2 aromatic heterocycles. The fraction of sp³-hybridized carbons (Fsp3) is 0.154. The van der Waals surface area contributed by atoms with Crippen molar-refractivity contribution < 1.29 is 22.3 Å². The lowest BCUT2D eigenvalue weighted by Crippen LogP contribution is -2.08. The molecule has 3 rings (SSSR count). The van der Waals surface area contributed by atoms with Crippen LogP contribution in [0.4, 0.5) is 17.6 Å². The van der Waals surface area contributed by atoms with Crippen molar-refractivity contribution in [3.8, 4) is 11.6 Å². The van der Waals surface area contributed by atoms with Gasteiger partial charge in [0.1, 0.15) is 0 Å². The summed E-state index contributed by atoms with van der Waals surface area (Å²) >= 11 is 3.10. The van der Waals surface area contributed by atoms with Crippen LogP contribution in [0.5, 0.6) is 11.6 Å². The average molecular weight is 391 g/mol. The molecule has 0 aliphatic rings. The van der Waals surface area contributed by atoms with Crippen LogP contribution in [0.2, 0.25) is 0 Å². The fourth-order valence-electron chi connectivity index (χ4n) is 1.82. The van der Waals surface area contributed by atoms with Crippen molar-refractivity contribution in [2.75, 3.05) is 0 Å². The smallest absolute Gasteiger partial charge is 0.436 e. The number of nitrogens with zero attached hydrogens (tertiary/aromatic N) is 4. The van der Waals surface area contributed by atoms with Crippen LogP contribution in [0, 0.1) is 12.7 Å². The highest BCUT2D eigenvalue weighted by Crippen LogP contribution is 2.30. The summed E-state index contributed by atoms with van der Waals surface area (Å²) in [6, 6.07) is 5.38. The van der Waals surface area contributed by atoms with E-state index in [0.29, 0.717) is 10.2 Å². The summed E-state index contributed by atoms with van der Waals surface area (Å²) in [5.41, 5.74) is 0.353. The Morgan fingerprint density at radius 1 is 1.17 bits per heavy atom. The molecule has 0 radical (unpaired) electrons. The van der Waals surface area contributed by atoms with Crippen molar-refractivity contribution >= 4 is 21.7 Å². The Kier molecular flexibility index (Phi) is 3.71. The average Bonchev–Trinajstić information content (AvgIpc) is 2.85. The molecule has 0 amide bonds. The first-order valence-electron chi connectivity index (χ1n) is 6.18. The zero-order valence-electron chi connectivity index (χ0n) is 11.4. The molecular formula is C13H7BrF4N4O. The van der Waals surface area contributed by atoms with E-state index in [1.165, 1.54) is 24.3 Å². The first-order valence-corrected chi connectivity index (χ1v) is 6.98. The maximum Gasteiger partial charge on any atom is 0.453 e. The van der Waals surface area contributed by atoms with Gasteiger partial charge in [0.05, 0.1) is 0 Å². The van der Waals surface area contributed by atoms with Crippen LogP contribution in [-0.2, 0) is 6.18 Å². The Balaban J connectivity index is 2.11. The van der Waals surface area contributed by atoms with Gasteiger partial charge in [-0.2, -0.15) is 22.7 Å². The van der Waals surface area contributed by atoms with Crippen LogP contribution >= 0.6 is 15.9 Å². The number of fused-ring (bicyclic) bond motifs is 1. The predicted molar refractivity (Wildman–Crippen MR) is 74.7 cm³/mol. The zero-order chi connectivity index (χ0) is 16.8. The van der Waals surface area contributed by atoms with Gasteiger partial charge in [-0.25, -0.2) is 9.37 Å². The first-order chi connectivity index (χ1) is 10.7. The van der Waals surface area contributed by atoms with Crippen molar-refractivity contribution in [3.63, 3.8) is 0 Å². The van der Waals surface area contributed by atoms with Crippen molar-refractivity contribution in [2.24, 2.45) is 0 Å². The topological polar surface area (TPSA) is 52.3 Å². The van der Waals surface area contributed by atoms with Gasteiger partial charge in [-0.15, -0.1) is 5.10 Å². The van der Waals surface area contributed by atoms with Crippen LogP contribution in [0.3, 0.4) is 0 Å². The van der Waals surface area contributed by atoms with Crippen LogP contribution in [0.1, 0.15) is 11.5 Å². The molecular weight excluding hydrogens is 384 g/mol. The number of aromatic nitrogens is 4. The Morgan fingerprint density at radius 2 is 1.91 bits per heavy atom. The van der Waals surface area contributed by atoms with E-state index in [2.05, 4.69) is 31.0 Å². The second kappa shape index (κ2) is 5.44. The van der Waals surface area contributed by atoms with E-state index in [1.54, 1.807) is 6.92 Å². The minimum atomic E-state index is -4.72. The van der Waals surface area contributed by atoms with E-state index in [-0.39, 0.29) is 17.4 Å². The summed E-state index contributed by atoms with van der Waals surface area (Å²) in [5, 5.41) is 3.33. The largest absolute Gasteiger partial charge is 0.453 e.